The molecule has 0 N–H and O–H groups in total. The van der Waals surface area contributed by atoms with E-state index in [1.165, 1.54) is 38.8 Å². The minimum absolute atomic E-state index is 0.792. The molecule has 1 fully saturated rings. The molecule has 78 valence electrons. The van der Waals surface area contributed by atoms with Crippen molar-refractivity contribution in [3.8, 4) is 0 Å². The highest BCUT2D eigenvalue weighted by Gasteiger charge is 2.21. The average molecular weight is 248 g/mol. The summed E-state index contributed by atoms with van der Waals surface area (Å²) in [6, 6.07) is 0.895. The molecule has 0 aliphatic heterocycles. The predicted molar refractivity (Wildman–Crippen MR) is 62.5 cm³/mol. The number of halogens is 1. The highest BCUT2D eigenvalue weighted by molar-refractivity contribution is 9.09. The van der Waals surface area contributed by atoms with Crippen molar-refractivity contribution in [1.82, 2.24) is 4.90 Å². The summed E-state index contributed by atoms with van der Waals surface area (Å²) in [4.78, 5) is 2.67. The number of hydrogen-bond acceptors (Lipinski definition) is 1. The molecule has 2 heteroatoms. The minimum Gasteiger partial charge on any atom is -0.300 e. The average Bonchev–Trinajstić information content (AvgIpc) is 2.66. The van der Waals surface area contributed by atoms with Crippen LogP contribution in [-0.4, -0.2) is 29.4 Å². The molecule has 1 atom stereocenters. The van der Waals surface area contributed by atoms with E-state index in [-0.39, 0.29) is 0 Å². The SMILES string of the molecule is CCN(CC(C)CBr)C1CCCC1. The van der Waals surface area contributed by atoms with Gasteiger partial charge in [-0.25, -0.2) is 0 Å². The fourth-order valence-electron chi connectivity index (χ4n) is 2.25. The van der Waals surface area contributed by atoms with Crippen molar-refractivity contribution < 1.29 is 0 Å². The summed E-state index contributed by atoms with van der Waals surface area (Å²) in [5, 5.41) is 1.14. The smallest absolute Gasteiger partial charge is 0.00952 e. The van der Waals surface area contributed by atoms with E-state index in [4.69, 9.17) is 0 Å². The second-order valence-electron chi connectivity index (χ2n) is 4.29. The van der Waals surface area contributed by atoms with Crippen molar-refractivity contribution in [2.24, 2.45) is 5.92 Å². The topological polar surface area (TPSA) is 3.24 Å². The van der Waals surface area contributed by atoms with Crippen molar-refractivity contribution in [2.75, 3.05) is 18.4 Å². The standard InChI is InChI=1S/C11H22BrN/c1-3-13(9-10(2)8-12)11-6-4-5-7-11/h10-11H,3-9H2,1-2H3. The van der Waals surface area contributed by atoms with Gasteiger partial charge >= 0.3 is 0 Å². The maximum absolute atomic E-state index is 3.55. The van der Waals surface area contributed by atoms with Crippen molar-refractivity contribution >= 4 is 15.9 Å². The molecule has 0 aromatic heterocycles. The van der Waals surface area contributed by atoms with Gasteiger partial charge in [-0.1, -0.05) is 42.6 Å². The quantitative estimate of drug-likeness (QED) is 0.675. The first-order chi connectivity index (χ1) is 6.27. The molecule has 1 aliphatic rings. The summed E-state index contributed by atoms with van der Waals surface area (Å²) in [6.07, 6.45) is 5.76. The van der Waals surface area contributed by atoms with Crippen LogP contribution in [0.15, 0.2) is 0 Å². The van der Waals surface area contributed by atoms with E-state index in [0.717, 1.165) is 17.3 Å². The molecule has 0 bridgehead atoms. The second-order valence-corrected chi connectivity index (χ2v) is 4.93. The number of nitrogens with zero attached hydrogens (tertiary/aromatic N) is 1. The van der Waals surface area contributed by atoms with Gasteiger partial charge in [0.05, 0.1) is 0 Å². The van der Waals surface area contributed by atoms with Gasteiger partial charge in [-0.3, -0.25) is 0 Å². The van der Waals surface area contributed by atoms with Gasteiger partial charge in [-0.2, -0.15) is 0 Å². The van der Waals surface area contributed by atoms with Crippen LogP contribution in [0.1, 0.15) is 39.5 Å². The zero-order chi connectivity index (χ0) is 9.68. The minimum atomic E-state index is 0.792. The van der Waals surface area contributed by atoms with Crippen LogP contribution in [-0.2, 0) is 0 Å². The van der Waals surface area contributed by atoms with E-state index < -0.39 is 0 Å². The summed E-state index contributed by atoms with van der Waals surface area (Å²) in [5.74, 6) is 0.792. The summed E-state index contributed by atoms with van der Waals surface area (Å²) in [5.41, 5.74) is 0. The molecule has 0 radical (unpaired) electrons. The Morgan fingerprint density at radius 1 is 1.38 bits per heavy atom. The van der Waals surface area contributed by atoms with Gasteiger partial charge in [0.2, 0.25) is 0 Å². The van der Waals surface area contributed by atoms with Gasteiger partial charge in [0.1, 0.15) is 0 Å². The number of alkyl halides is 1. The van der Waals surface area contributed by atoms with Gasteiger partial charge in [0.25, 0.3) is 0 Å². The monoisotopic (exact) mass is 247 g/mol. The van der Waals surface area contributed by atoms with E-state index in [0.29, 0.717) is 0 Å². The molecular weight excluding hydrogens is 226 g/mol. The molecule has 1 aliphatic carbocycles. The predicted octanol–water partition coefficient (Wildman–Crippen LogP) is 3.28. The summed E-state index contributed by atoms with van der Waals surface area (Å²) < 4.78 is 0. The van der Waals surface area contributed by atoms with Gasteiger partial charge in [-0.15, -0.1) is 0 Å². The molecule has 0 aromatic carbocycles. The first-order valence-corrected chi connectivity index (χ1v) is 6.70. The Morgan fingerprint density at radius 2 is 2.00 bits per heavy atom. The van der Waals surface area contributed by atoms with Crippen LogP contribution in [0, 0.1) is 5.92 Å². The van der Waals surface area contributed by atoms with Crippen LogP contribution in [0.25, 0.3) is 0 Å². The van der Waals surface area contributed by atoms with Crippen molar-refractivity contribution in [2.45, 2.75) is 45.6 Å². The van der Waals surface area contributed by atoms with Gasteiger partial charge in [0.15, 0.2) is 0 Å². The van der Waals surface area contributed by atoms with E-state index in [1.54, 1.807) is 0 Å². The summed E-state index contributed by atoms with van der Waals surface area (Å²) in [6.45, 7) is 7.11. The normalized spacial score (nSPS) is 21.2. The number of rotatable bonds is 5. The van der Waals surface area contributed by atoms with Crippen molar-refractivity contribution in [3.05, 3.63) is 0 Å². The Hall–Kier alpha value is 0.440. The lowest BCUT2D eigenvalue weighted by Gasteiger charge is -2.29. The molecule has 0 amide bonds. The van der Waals surface area contributed by atoms with Crippen LogP contribution in [0.2, 0.25) is 0 Å². The highest BCUT2D eigenvalue weighted by atomic mass is 79.9. The Bertz CT molecular complexity index is 132. The fourth-order valence-corrected chi connectivity index (χ4v) is 2.46. The molecule has 0 saturated heterocycles. The lowest BCUT2D eigenvalue weighted by molar-refractivity contribution is 0.188. The Kier molecular flexibility index (Phi) is 5.34. The van der Waals surface area contributed by atoms with Crippen LogP contribution < -0.4 is 0 Å². The zero-order valence-electron chi connectivity index (χ0n) is 8.93. The van der Waals surface area contributed by atoms with Crippen LogP contribution in [0.5, 0.6) is 0 Å². The fraction of sp³-hybridized carbons (Fsp3) is 1.00. The molecule has 0 spiro atoms. The van der Waals surface area contributed by atoms with Gasteiger partial charge < -0.3 is 4.90 Å². The third-order valence-corrected chi connectivity index (χ3v) is 4.16. The van der Waals surface area contributed by atoms with Gasteiger partial charge in [-0.05, 0) is 25.3 Å². The molecule has 1 nitrogen and oxygen atoms in total. The Labute approximate surface area is 91.0 Å². The molecule has 1 unspecified atom stereocenters. The molecule has 13 heavy (non-hydrogen) atoms. The van der Waals surface area contributed by atoms with Gasteiger partial charge in [0, 0.05) is 17.9 Å². The third-order valence-electron chi connectivity index (χ3n) is 3.06. The zero-order valence-corrected chi connectivity index (χ0v) is 10.5. The van der Waals surface area contributed by atoms with Crippen LogP contribution in [0.4, 0.5) is 0 Å². The molecule has 0 heterocycles. The van der Waals surface area contributed by atoms with E-state index in [2.05, 4.69) is 34.7 Å². The maximum atomic E-state index is 3.55. The largest absolute Gasteiger partial charge is 0.300 e. The van der Waals surface area contributed by atoms with Crippen LogP contribution in [0.3, 0.4) is 0 Å². The first kappa shape index (κ1) is 11.5. The van der Waals surface area contributed by atoms with E-state index in [9.17, 15) is 0 Å². The van der Waals surface area contributed by atoms with E-state index >= 15 is 0 Å². The van der Waals surface area contributed by atoms with Crippen molar-refractivity contribution in [3.63, 3.8) is 0 Å². The van der Waals surface area contributed by atoms with Crippen molar-refractivity contribution in [1.29, 1.82) is 0 Å². The molecular formula is C11H22BrN. The number of hydrogen-bond donors (Lipinski definition) is 0. The van der Waals surface area contributed by atoms with Crippen LogP contribution >= 0.6 is 15.9 Å². The summed E-state index contributed by atoms with van der Waals surface area (Å²) in [7, 11) is 0. The second kappa shape index (κ2) is 6.02. The highest BCUT2D eigenvalue weighted by Crippen LogP contribution is 2.24. The first-order valence-electron chi connectivity index (χ1n) is 5.58. The molecule has 1 rings (SSSR count). The lowest BCUT2D eigenvalue weighted by Crippen LogP contribution is -2.36. The molecule has 1 saturated carbocycles. The summed E-state index contributed by atoms with van der Waals surface area (Å²) >= 11 is 3.55. The maximum Gasteiger partial charge on any atom is 0.00952 e. The Morgan fingerprint density at radius 3 is 2.46 bits per heavy atom. The lowest BCUT2D eigenvalue weighted by atomic mass is 10.1. The molecule has 0 aromatic rings. The van der Waals surface area contributed by atoms with E-state index in [1.807, 2.05) is 0 Å². The Balaban J connectivity index is 2.32. The third kappa shape index (κ3) is 3.59.